The van der Waals surface area contributed by atoms with Crippen molar-refractivity contribution in [2.75, 3.05) is 32.8 Å². The highest BCUT2D eigenvalue weighted by Gasteiger charge is 2.22. The van der Waals surface area contributed by atoms with Crippen molar-refractivity contribution in [2.24, 2.45) is 0 Å². The maximum atomic E-state index is 10.8. The Balaban J connectivity index is 2.76. The van der Waals surface area contributed by atoms with Crippen molar-refractivity contribution in [1.29, 1.82) is 0 Å². The summed E-state index contributed by atoms with van der Waals surface area (Å²) in [5.74, 6) is 0. The zero-order chi connectivity index (χ0) is 12.8. The molecule has 0 aromatic heterocycles. The van der Waals surface area contributed by atoms with Crippen LogP contribution in [0.1, 0.15) is 0 Å². The Morgan fingerprint density at radius 3 is 2.41 bits per heavy atom. The molecule has 17 heavy (non-hydrogen) atoms. The van der Waals surface area contributed by atoms with Gasteiger partial charge >= 0.3 is 0 Å². The Kier molecular flexibility index (Phi) is 4.58. The Hall–Kier alpha value is -1.96. The van der Waals surface area contributed by atoms with E-state index in [0.29, 0.717) is 26.3 Å². The SMILES string of the molecule is C=C(C[N+](=O)[O-])/C(=C\N1CCOCC1)[N+](=O)[O-]. The van der Waals surface area contributed by atoms with Crippen LogP contribution < -0.4 is 0 Å². The number of nitrogens with zero attached hydrogens (tertiary/aromatic N) is 3. The van der Waals surface area contributed by atoms with Crippen LogP contribution in [0.15, 0.2) is 24.0 Å². The normalized spacial score (nSPS) is 16.7. The van der Waals surface area contributed by atoms with E-state index in [-0.39, 0.29) is 11.3 Å². The molecule has 1 fully saturated rings. The van der Waals surface area contributed by atoms with Gasteiger partial charge < -0.3 is 9.64 Å². The molecule has 8 nitrogen and oxygen atoms in total. The molecule has 0 aromatic carbocycles. The lowest BCUT2D eigenvalue weighted by Gasteiger charge is -2.24. The van der Waals surface area contributed by atoms with Crippen molar-refractivity contribution in [3.8, 4) is 0 Å². The molecule has 1 aliphatic rings. The molecule has 8 heteroatoms. The van der Waals surface area contributed by atoms with Gasteiger partial charge in [0, 0.05) is 18.0 Å². The number of nitro groups is 2. The van der Waals surface area contributed by atoms with Gasteiger partial charge in [-0.3, -0.25) is 20.2 Å². The van der Waals surface area contributed by atoms with Crippen molar-refractivity contribution >= 4 is 0 Å². The van der Waals surface area contributed by atoms with Gasteiger partial charge in [0.1, 0.15) is 0 Å². The maximum absolute atomic E-state index is 10.8. The predicted molar refractivity (Wildman–Crippen MR) is 58.5 cm³/mol. The first-order chi connectivity index (χ1) is 8.00. The highest BCUT2D eigenvalue weighted by atomic mass is 16.6. The zero-order valence-electron chi connectivity index (χ0n) is 9.20. The van der Waals surface area contributed by atoms with E-state index < -0.39 is 16.4 Å². The van der Waals surface area contributed by atoms with E-state index in [2.05, 4.69) is 6.58 Å². The molecule has 1 rings (SSSR count). The van der Waals surface area contributed by atoms with Crippen molar-refractivity contribution < 1.29 is 14.6 Å². The summed E-state index contributed by atoms with van der Waals surface area (Å²) in [7, 11) is 0. The highest BCUT2D eigenvalue weighted by Crippen LogP contribution is 2.11. The van der Waals surface area contributed by atoms with E-state index in [1.807, 2.05) is 0 Å². The molecule has 0 bridgehead atoms. The molecule has 0 amide bonds. The second-order valence-corrected chi connectivity index (χ2v) is 3.51. The molecule has 94 valence electrons. The van der Waals surface area contributed by atoms with E-state index in [9.17, 15) is 20.2 Å². The molecule has 0 spiro atoms. The number of ether oxygens (including phenoxy) is 1. The quantitative estimate of drug-likeness (QED) is 0.390. The van der Waals surface area contributed by atoms with Gasteiger partial charge in [-0.25, -0.2) is 0 Å². The van der Waals surface area contributed by atoms with E-state index in [1.165, 1.54) is 6.20 Å². The molecule has 0 N–H and O–H groups in total. The minimum Gasteiger partial charge on any atom is -0.378 e. The van der Waals surface area contributed by atoms with Gasteiger partial charge in [0.2, 0.25) is 6.54 Å². The van der Waals surface area contributed by atoms with E-state index >= 15 is 0 Å². The molecule has 0 unspecified atom stereocenters. The standard InChI is InChI=1S/C9H13N3O5/c1-8(6-11(13)14)9(12(15)16)7-10-2-4-17-5-3-10/h7H,1-6H2/b9-7+. The summed E-state index contributed by atoms with van der Waals surface area (Å²) in [5.41, 5.74) is -0.421. The Bertz CT molecular complexity index is 360. The summed E-state index contributed by atoms with van der Waals surface area (Å²) in [6.45, 7) is 4.78. The van der Waals surface area contributed by atoms with Crippen LogP contribution in [0.2, 0.25) is 0 Å². The lowest BCUT2D eigenvalue weighted by atomic mass is 10.2. The third-order valence-corrected chi connectivity index (χ3v) is 2.23. The van der Waals surface area contributed by atoms with E-state index in [4.69, 9.17) is 4.74 Å². The molecular formula is C9H13N3O5. The highest BCUT2D eigenvalue weighted by molar-refractivity contribution is 5.21. The number of morpholine rings is 1. The molecule has 0 radical (unpaired) electrons. The summed E-state index contributed by atoms with van der Waals surface area (Å²) in [5, 5.41) is 21.1. The fourth-order valence-corrected chi connectivity index (χ4v) is 1.38. The molecule has 0 saturated carbocycles. The fraction of sp³-hybridized carbons (Fsp3) is 0.556. The average Bonchev–Trinajstić information content (AvgIpc) is 2.25. The molecule has 1 saturated heterocycles. The van der Waals surface area contributed by atoms with Crippen molar-refractivity contribution in [2.45, 2.75) is 0 Å². The topological polar surface area (TPSA) is 98.8 Å². The third kappa shape index (κ3) is 4.19. The van der Waals surface area contributed by atoms with Crippen molar-refractivity contribution in [1.82, 2.24) is 4.90 Å². The number of rotatable bonds is 5. The predicted octanol–water partition coefficient (Wildman–Crippen LogP) is 0.270. The molecule has 0 aromatic rings. The Labute approximate surface area is 97.5 Å². The summed E-state index contributed by atoms with van der Waals surface area (Å²) in [4.78, 5) is 21.5. The second-order valence-electron chi connectivity index (χ2n) is 3.51. The van der Waals surface area contributed by atoms with Crippen LogP contribution in [0.4, 0.5) is 0 Å². The van der Waals surface area contributed by atoms with Crippen LogP contribution in [0, 0.1) is 20.2 Å². The van der Waals surface area contributed by atoms with Crippen LogP contribution in [0.25, 0.3) is 0 Å². The van der Waals surface area contributed by atoms with Gasteiger partial charge in [-0.15, -0.1) is 0 Å². The van der Waals surface area contributed by atoms with Crippen molar-refractivity contribution in [3.05, 3.63) is 44.3 Å². The van der Waals surface area contributed by atoms with Gasteiger partial charge in [-0.2, -0.15) is 0 Å². The monoisotopic (exact) mass is 243 g/mol. The van der Waals surface area contributed by atoms with Crippen LogP contribution in [-0.2, 0) is 4.74 Å². The summed E-state index contributed by atoms with van der Waals surface area (Å²) < 4.78 is 5.10. The molecule has 1 aliphatic heterocycles. The van der Waals surface area contributed by atoms with Gasteiger partial charge in [0.05, 0.1) is 29.9 Å². The molecular weight excluding hydrogens is 230 g/mol. The van der Waals surface area contributed by atoms with Gasteiger partial charge in [-0.1, -0.05) is 6.58 Å². The van der Waals surface area contributed by atoms with Crippen LogP contribution >= 0.6 is 0 Å². The van der Waals surface area contributed by atoms with E-state index in [1.54, 1.807) is 4.90 Å². The Morgan fingerprint density at radius 2 is 1.94 bits per heavy atom. The molecule has 0 aliphatic carbocycles. The van der Waals surface area contributed by atoms with Crippen LogP contribution in [0.3, 0.4) is 0 Å². The maximum Gasteiger partial charge on any atom is 0.294 e. The first kappa shape index (κ1) is 13.1. The number of hydrogen-bond donors (Lipinski definition) is 0. The first-order valence-corrected chi connectivity index (χ1v) is 4.98. The Morgan fingerprint density at radius 1 is 1.35 bits per heavy atom. The summed E-state index contributed by atoms with van der Waals surface area (Å²) >= 11 is 0. The first-order valence-electron chi connectivity index (χ1n) is 4.98. The number of hydrogen-bond acceptors (Lipinski definition) is 6. The van der Waals surface area contributed by atoms with Gasteiger partial charge in [-0.05, 0) is 0 Å². The largest absolute Gasteiger partial charge is 0.378 e. The lowest BCUT2D eigenvalue weighted by Crippen LogP contribution is -2.33. The zero-order valence-corrected chi connectivity index (χ0v) is 9.20. The van der Waals surface area contributed by atoms with E-state index in [0.717, 1.165) is 0 Å². The van der Waals surface area contributed by atoms with Gasteiger partial charge in [0.15, 0.2) is 0 Å². The summed E-state index contributed by atoms with van der Waals surface area (Å²) in [6, 6.07) is 0. The molecule has 1 heterocycles. The average molecular weight is 243 g/mol. The fourth-order valence-electron chi connectivity index (χ4n) is 1.38. The lowest BCUT2D eigenvalue weighted by molar-refractivity contribution is -0.477. The van der Waals surface area contributed by atoms with Crippen LogP contribution in [-0.4, -0.2) is 47.6 Å². The third-order valence-electron chi connectivity index (χ3n) is 2.23. The minimum atomic E-state index is -0.651. The van der Waals surface area contributed by atoms with Crippen molar-refractivity contribution in [3.63, 3.8) is 0 Å². The van der Waals surface area contributed by atoms with Gasteiger partial charge in [0.25, 0.3) is 5.70 Å². The van der Waals surface area contributed by atoms with Crippen LogP contribution in [0.5, 0.6) is 0 Å². The second kappa shape index (κ2) is 5.94. The summed E-state index contributed by atoms with van der Waals surface area (Å²) in [6.07, 6.45) is 1.30. The smallest absolute Gasteiger partial charge is 0.294 e. The molecule has 0 atom stereocenters. The minimum absolute atomic E-state index is 0.105.